The molecule has 2 atom stereocenters. The van der Waals surface area contributed by atoms with Crippen molar-refractivity contribution in [2.24, 2.45) is 11.8 Å². The Morgan fingerprint density at radius 1 is 1.37 bits per heavy atom. The smallest absolute Gasteiger partial charge is 0.338 e. The lowest BCUT2D eigenvalue weighted by molar-refractivity contribution is 0.0691. The van der Waals surface area contributed by atoms with E-state index in [4.69, 9.17) is 5.11 Å². The number of fused-ring (bicyclic) bond motifs is 2. The van der Waals surface area contributed by atoms with Gasteiger partial charge in [-0.25, -0.2) is 14.2 Å². The summed E-state index contributed by atoms with van der Waals surface area (Å²) in [5, 5.41) is 8.96. The molecular weight excluding hydrogens is 247 g/mol. The van der Waals surface area contributed by atoms with Gasteiger partial charge in [-0.15, -0.1) is 0 Å². The van der Waals surface area contributed by atoms with E-state index in [-0.39, 0.29) is 11.4 Å². The topological polar surface area (TPSA) is 53.4 Å². The fourth-order valence-corrected chi connectivity index (χ4v) is 3.42. The fourth-order valence-electron chi connectivity index (χ4n) is 3.42. The van der Waals surface area contributed by atoms with Gasteiger partial charge in [0.25, 0.3) is 0 Å². The molecule has 0 spiro atoms. The van der Waals surface area contributed by atoms with Crippen LogP contribution in [0.4, 0.5) is 10.2 Å². The first-order chi connectivity index (χ1) is 9.15. The highest BCUT2D eigenvalue weighted by Gasteiger charge is 2.32. The van der Waals surface area contributed by atoms with Gasteiger partial charge in [-0.1, -0.05) is 6.42 Å². The van der Waals surface area contributed by atoms with E-state index in [1.54, 1.807) is 0 Å². The first-order valence-corrected chi connectivity index (χ1v) is 6.78. The maximum Gasteiger partial charge on any atom is 0.338 e. The van der Waals surface area contributed by atoms with Crippen LogP contribution in [0, 0.1) is 17.7 Å². The summed E-state index contributed by atoms with van der Waals surface area (Å²) in [6.45, 7) is 1.59. The Morgan fingerprint density at radius 3 is 2.68 bits per heavy atom. The van der Waals surface area contributed by atoms with Gasteiger partial charge in [-0.3, -0.25) is 0 Å². The van der Waals surface area contributed by atoms with E-state index >= 15 is 0 Å². The normalized spacial score (nSPS) is 26.3. The monoisotopic (exact) mass is 264 g/mol. The van der Waals surface area contributed by atoms with Crippen LogP contribution in [-0.4, -0.2) is 29.1 Å². The van der Waals surface area contributed by atoms with Crippen molar-refractivity contribution in [2.45, 2.75) is 25.7 Å². The number of halogens is 1. The number of carboxylic acids is 1. The van der Waals surface area contributed by atoms with E-state index in [0.717, 1.165) is 13.1 Å². The van der Waals surface area contributed by atoms with Gasteiger partial charge < -0.3 is 10.0 Å². The first kappa shape index (κ1) is 12.4. The van der Waals surface area contributed by atoms with Crippen molar-refractivity contribution in [1.29, 1.82) is 0 Å². The molecule has 19 heavy (non-hydrogen) atoms. The zero-order valence-electron chi connectivity index (χ0n) is 10.7. The predicted molar refractivity (Wildman–Crippen MR) is 68.8 cm³/mol. The van der Waals surface area contributed by atoms with E-state index in [1.807, 2.05) is 4.90 Å². The van der Waals surface area contributed by atoms with Crippen LogP contribution < -0.4 is 4.90 Å². The zero-order chi connectivity index (χ0) is 13.4. The summed E-state index contributed by atoms with van der Waals surface area (Å²) < 4.78 is 14.2. The lowest BCUT2D eigenvalue weighted by Gasteiger charge is -2.42. The summed E-state index contributed by atoms with van der Waals surface area (Å²) in [5.41, 5.74) is -0.291. The minimum absolute atomic E-state index is 0.205. The maximum absolute atomic E-state index is 14.2. The standard InChI is InChI=1S/C14H17FN2O2/c15-12-11(14(18)19)4-5-16-13(12)17-7-9-2-1-3-10(6-9)8-17/h4-5,9-10H,1-3,6-8H2,(H,18,19). The second kappa shape index (κ2) is 4.79. The van der Waals surface area contributed by atoms with Crippen LogP contribution in [0.1, 0.15) is 36.0 Å². The SMILES string of the molecule is O=C(O)c1ccnc(N2CC3CCCC(C3)C2)c1F. The molecule has 1 aromatic rings. The van der Waals surface area contributed by atoms with Gasteiger partial charge in [0, 0.05) is 19.3 Å². The summed E-state index contributed by atoms with van der Waals surface area (Å²) >= 11 is 0. The van der Waals surface area contributed by atoms with Crippen LogP contribution >= 0.6 is 0 Å². The number of aromatic carboxylic acids is 1. The van der Waals surface area contributed by atoms with Gasteiger partial charge in [-0.2, -0.15) is 0 Å². The molecule has 5 heteroatoms. The number of carbonyl (C=O) groups is 1. The molecule has 1 saturated heterocycles. The number of rotatable bonds is 2. The second-order valence-corrected chi connectivity index (χ2v) is 5.60. The van der Waals surface area contributed by atoms with Crippen molar-refractivity contribution in [3.8, 4) is 0 Å². The third kappa shape index (κ3) is 2.29. The highest BCUT2D eigenvalue weighted by molar-refractivity contribution is 5.88. The number of carboxylic acid groups (broad SMARTS) is 1. The van der Waals surface area contributed by atoms with Crippen LogP contribution in [0.5, 0.6) is 0 Å². The van der Waals surface area contributed by atoms with Gasteiger partial charge in [0.1, 0.15) is 5.56 Å². The minimum atomic E-state index is -1.24. The highest BCUT2D eigenvalue weighted by atomic mass is 19.1. The Kier molecular flexibility index (Phi) is 3.12. The molecule has 2 bridgehead atoms. The van der Waals surface area contributed by atoms with Gasteiger partial charge >= 0.3 is 5.97 Å². The quantitative estimate of drug-likeness (QED) is 0.892. The number of hydrogen-bond acceptors (Lipinski definition) is 3. The maximum atomic E-state index is 14.2. The third-order valence-corrected chi connectivity index (χ3v) is 4.25. The molecule has 3 rings (SSSR count). The molecule has 4 nitrogen and oxygen atoms in total. The first-order valence-electron chi connectivity index (χ1n) is 6.78. The minimum Gasteiger partial charge on any atom is -0.478 e. The lowest BCUT2D eigenvalue weighted by atomic mass is 9.78. The molecule has 0 radical (unpaired) electrons. The van der Waals surface area contributed by atoms with Crippen molar-refractivity contribution < 1.29 is 14.3 Å². The van der Waals surface area contributed by atoms with E-state index in [1.165, 1.54) is 37.9 Å². The summed E-state index contributed by atoms with van der Waals surface area (Å²) in [6, 6.07) is 1.21. The molecule has 102 valence electrons. The second-order valence-electron chi connectivity index (χ2n) is 5.60. The third-order valence-electron chi connectivity index (χ3n) is 4.25. The van der Waals surface area contributed by atoms with Gasteiger partial charge in [0.05, 0.1) is 0 Å². The number of piperidine rings is 1. The number of hydrogen-bond donors (Lipinski definition) is 1. The molecular formula is C14H17FN2O2. The Morgan fingerprint density at radius 2 is 2.05 bits per heavy atom. The van der Waals surface area contributed by atoms with E-state index in [9.17, 15) is 9.18 Å². The average Bonchev–Trinajstić information content (AvgIpc) is 2.38. The van der Waals surface area contributed by atoms with Crippen molar-refractivity contribution in [3.63, 3.8) is 0 Å². The molecule has 2 fully saturated rings. The van der Waals surface area contributed by atoms with Crippen molar-refractivity contribution in [3.05, 3.63) is 23.6 Å². The number of anilines is 1. The van der Waals surface area contributed by atoms with Gasteiger partial charge in [-0.05, 0) is 37.2 Å². The average molecular weight is 264 g/mol. The fraction of sp³-hybridized carbons (Fsp3) is 0.571. The largest absolute Gasteiger partial charge is 0.478 e. The van der Waals surface area contributed by atoms with Crippen molar-refractivity contribution in [1.82, 2.24) is 4.98 Å². The highest BCUT2D eigenvalue weighted by Crippen LogP contribution is 2.36. The predicted octanol–water partition coefficient (Wildman–Crippen LogP) is 2.55. The molecule has 2 heterocycles. The molecule has 1 aliphatic carbocycles. The molecule has 1 aromatic heterocycles. The summed E-state index contributed by atoms with van der Waals surface area (Å²) in [5.74, 6) is -0.533. The molecule has 0 amide bonds. The van der Waals surface area contributed by atoms with Crippen LogP contribution in [0.2, 0.25) is 0 Å². The molecule has 2 unspecified atom stereocenters. The zero-order valence-corrected chi connectivity index (χ0v) is 10.7. The molecule has 1 aliphatic heterocycles. The van der Waals surface area contributed by atoms with Crippen LogP contribution in [0.15, 0.2) is 12.3 Å². The summed E-state index contributed by atoms with van der Waals surface area (Å²) in [4.78, 5) is 17.0. The number of aromatic nitrogens is 1. The van der Waals surface area contributed by atoms with E-state index < -0.39 is 11.8 Å². The number of pyridine rings is 1. The Hall–Kier alpha value is -1.65. The van der Waals surface area contributed by atoms with Gasteiger partial charge in [0.2, 0.25) is 0 Å². The molecule has 0 aromatic carbocycles. The summed E-state index contributed by atoms with van der Waals surface area (Å²) in [6.07, 6.45) is 6.23. The lowest BCUT2D eigenvalue weighted by Crippen LogP contribution is -2.43. The van der Waals surface area contributed by atoms with Crippen molar-refractivity contribution >= 4 is 11.8 Å². The molecule has 1 N–H and O–H groups in total. The molecule has 1 saturated carbocycles. The van der Waals surface area contributed by atoms with Crippen LogP contribution in [-0.2, 0) is 0 Å². The summed E-state index contributed by atoms with van der Waals surface area (Å²) in [7, 11) is 0. The molecule has 2 aliphatic rings. The van der Waals surface area contributed by atoms with Crippen LogP contribution in [0.3, 0.4) is 0 Å². The van der Waals surface area contributed by atoms with E-state index in [2.05, 4.69) is 4.98 Å². The Bertz CT molecular complexity index is 494. The Balaban J connectivity index is 1.90. The van der Waals surface area contributed by atoms with Gasteiger partial charge in [0.15, 0.2) is 11.6 Å². The van der Waals surface area contributed by atoms with Crippen molar-refractivity contribution in [2.75, 3.05) is 18.0 Å². The van der Waals surface area contributed by atoms with Crippen LogP contribution in [0.25, 0.3) is 0 Å². The Labute approximate surface area is 111 Å². The van der Waals surface area contributed by atoms with E-state index in [0.29, 0.717) is 11.8 Å². The number of nitrogens with zero attached hydrogens (tertiary/aromatic N) is 2.